The molecule has 1 aromatic rings. The second-order valence-corrected chi connectivity index (χ2v) is 4.30. The predicted octanol–water partition coefficient (Wildman–Crippen LogP) is 0.518. The molecule has 0 unspecified atom stereocenters. The second-order valence-electron chi connectivity index (χ2n) is 4.30. The van der Waals surface area contributed by atoms with Crippen LogP contribution in [-0.4, -0.2) is 39.8 Å². The monoisotopic (exact) mass is 210 g/mol. The number of amides is 1. The van der Waals surface area contributed by atoms with Gasteiger partial charge in [-0.25, -0.2) is 0 Å². The summed E-state index contributed by atoms with van der Waals surface area (Å²) in [6.07, 6.45) is 1.36. The molecule has 1 aliphatic rings. The second kappa shape index (κ2) is 3.34. The summed E-state index contributed by atoms with van der Waals surface area (Å²) in [6.45, 7) is 4.63. The molecular weight excluding hydrogens is 196 g/mol. The largest absolute Gasteiger partial charge is 0.386 e. The quantitative estimate of drug-likeness (QED) is 0.772. The Morgan fingerprint density at radius 1 is 1.67 bits per heavy atom. The number of carbonyl (C=O) groups excluding carboxylic acids is 1. The lowest BCUT2D eigenvalue weighted by molar-refractivity contribution is -0.111. The van der Waals surface area contributed by atoms with Crippen molar-refractivity contribution in [2.24, 2.45) is 5.92 Å². The van der Waals surface area contributed by atoms with Crippen LogP contribution in [0, 0.1) is 5.92 Å². The van der Waals surface area contributed by atoms with E-state index < -0.39 is 5.60 Å². The van der Waals surface area contributed by atoms with Gasteiger partial charge in [-0.3, -0.25) is 4.79 Å². The van der Waals surface area contributed by atoms with Gasteiger partial charge in [-0.15, -0.1) is 0 Å². The molecule has 1 aliphatic heterocycles. The van der Waals surface area contributed by atoms with Gasteiger partial charge in [-0.1, -0.05) is 19.0 Å². The SMILES string of the molecule is CC(C)C1(O)CN(C(=O)c2ccon2)C1. The lowest BCUT2D eigenvalue weighted by Crippen LogP contribution is -2.66. The first-order valence-corrected chi connectivity index (χ1v) is 4.95. The molecule has 0 saturated carbocycles. The van der Waals surface area contributed by atoms with Crippen LogP contribution in [0.5, 0.6) is 0 Å². The van der Waals surface area contributed by atoms with Crippen molar-refractivity contribution in [3.63, 3.8) is 0 Å². The third-order valence-corrected chi connectivity index (χ3v) is 2.95. The standard InChI is InChI=1S/C10H14N2O3/c1-7(2)10(14)5-12(6-10)9(13)8-3-4-15-11-8/h3-4,7,14H,5-6H2,1-2H3. The van der Waals surface area contributed by atoms with Gasteiger partial charge in [0.05, 0.1) is 13.1 Å². The molecule has 2 heterocycles. The molecule has 0 aromatic carbocycles. The molecule has 5 nitrogen and oxygen atoms in total. The first-order valence-electron chi connectivity index (χ1n) is 4.95. The Morgan fingerprint density at radius 3 is 2.80 bits per heavy atom. The van der Waals surface area contributed by atoms with Crippen molar-refractivity contribution in [3.8, 4) is 0 Å². The first-order chi connectivity index (χ1) is 7.03. The van der Waals surface area contributed by atoms with Gasteiger partial charge in [0.1, 0.15) is 11.9 Å². The maximum atomic E-state index is 11.7. The van der Waals surface area contributed by atoms with E-state index in [1.54, 1.807) is 4.90 Å². The molecule has 15 heavy (non-hydrogen) atoms. The van der Waals surface area contributed by atoms with E-state index in [2.05, 4.69) is 9.68 Å². The number of rotatable bonds is 2. The Bertz CT molecular complexity index is 353. The lowest BCUT2D eigenvalue weighted by atomic mass is 9.83. The number of nitrogens with zero attached hydrogens (tertiary/aromatic N) is 2. The van der Waals surface area contributed by atoms with Gasteiger partial charge in [0.15, 0.2) is 5.69 Å². The molecule has 0 bridgehead atoms. The third-order valence-electron chi connectivity index (χ3n) is 2.95. The van der Waals surface area contributed by atoms with Gasteiger partial charge in [0.25, 0.3) is 5.91 Å². The maximum absolute atomic E-state index is 11.7. The van der Waals surface area contributed by atoms with E-state index in [1.807, 2.05) is 13.8 Å². The molecule has 1 N–H and O–H groups in total. The molecule has 0 radical (unpaired) electrons. The van der Waals surface area contributed by atoms with Gasteiger partial charge in [0.2, 0.25) is 0 Å². The van der Waals surface area contributed by atoms with Crippen molar-refractivity contribution in [2.45, 2.75) is 19.4 Å². The van der Waals surface area contributed by atoms with Gasteiger partial charge in [-0.2, -0.15) is 0 Å². The molecule has 0 atom stereocenters. The fraction of sp³-hybridized carbons (Fsp3) is 0.600. The van der Waals surface area contributed by atoms with Crippen LogP contribution in [-0.2, 0) is 0 Å². The summed E-state index contributed by atoms with van der Waals surface area (Å²) < 4.78 is 4.59. The average Bonchev–Trinajstić information content (AvgIpc) is 2.64. The van der Waals surface area contributed by atoms with Crippen LogP contribution < -0.4 is 0 Å². The molecule has 1 fully saturated rings. The third kappa shape index (κ3) is 1.63. The van der Waals surface area contributed by atoms with Gasteiger partial charge >= 0.3 is 0 Å². The summed E-state index contributed by atoms with van der Waals surface area (Å²) in [4.78, 5) is 13.3. The van der Waals surface area contributed by atoms with E-state index in [1.165, 1.54) is 12.3 Å². The van der Waals surface area contributed by atoms with Crippen LogP contribution in [0.2, 0.25) is 0 Å². The molecule has 1 amide bonds. The Balaban J connectivity index is 1.98. The van der Waals surface area contributed by atoms with Crippen molar-refractivity contribution in [1.82, 2.24) is 10.1 Å². The number of aromatic nitrogens is 1. The van der Waals surface area contributed by atoms with Gasteiger partial charge in [-0.05, 0) is 5.92 Å². The van der Waals surface area contributed by atoms with Crippen LogP contribution in [0.3, 0.4) is 0 Å². The van der Waals surface area contributed by atoms with Crippen LogP contribution in [0.25, 0.3) is 0 Å². The Kier molecular flexibility index (Phi) is 2.26. The zero-order chi connectivity index (χ0) is 11.1. The summed E-state index contributed by atoms with van der Waals surface area (Å²) in [5.74, 6) is -0.0343. The Morgan fingerprint density at radius 2 is 2.33 bits per heavy atom. The summed E-state index contributed by atoms with van der Waals surface area (Å²) >= 11 is 0. The average molecular weight is 210 g/mol. The highest BCUT2D eigenvalue weighted by Crippen LogP contribution is 2.29. The molecular formula is C10H14N2O3. The number of hydrogen-bond donors (Lipinski definition) is 1. The molecule has 2 rings (SSSR count). The van der Waals surface area contributed by atoms with Crippen LogP contribution >= 0.6 is 0 Å². The topological polar surface area (TPSA) is 66.6 Å². The summed E-state index contributed by atoms with van der Waals surface area (Å²) in [6, 6.07) is 1.52. The van der Waals surface area contributed by atoms with Gasteiger partial charge in [0, 0.05) is 6.07 Å². The van der Waals surface area contributed by atoms with Gasteiger partial charge < -0.3 is 14.5 Å². The molecule has 1 aromatic heterocycles. The fourth-order valence-electron chi connectivity index (χ4n) is 1.61. The highest BCUT2D eigenvalue weighted by Gasteiger charge is 2.46. The lowest BCUT2D eigenvalue weighted by Gasteiger charge is -2.48. The van der Waals surface area contributed by atoms with Crippen LogP contribution in [0.1, 0.15) is 24.3 Å². The highest BCUT2D eigenvalue weighted by molar-refractivity contribution is 5.92. The molecule has 0 spiro atoms. The zero-order valence-electron chi connectivity index (χ0n) is 8.80. The first kappa shape index (κ1) is 10.2. The van der Waals surface area contributed by atoms with E-state index in [-0.39, 0.29) is 11.8 Å². The van der Waals surface area contributed by atoms with E-state index in [4.69, 9.17) is 0 Å². The molecule has 1 saturated heterocycles. The number of β-amino-alcohol motifs (C(OH)–C–C–N with tert-alkyl or cyclic N) is 1. The highest BCUT2D eigenvalue weighted by atomic mass is 16.5. The molecule has 82 valence electrons. The minimum absolute atomic E-state index is 0.152. The fourth-order valence-corrected chi connectivity index (χ4v) is 1.61. The van der Waals surface area contributed by atoms with E-state index in [0.29, 0.717) is 18.8 Å². The Hall–Kier alpha value is -1.36. The van der Waals surface area contributed by atoms with Crippen molar-refractivity contribution < 1.29 is 14.4 Å². The summed E-state index contributed by atoms with van der Waals surface area (Å²) in [5, 5.41) is 13.5. The summed E-state index contributed by atoms with van der Waals surface area (Å²) in [5.41, 5.74) is -0.444. The maximum Gasteiger partial charge on any atom is 0.276 e. The van der Waals surface area contributed by atoms with Crippen molar-refractivity contribution in [3.05, 3.63) is 18.0 Å². The van der Waals surface area contributed by atoms with E-state index in [9.17, 15) is 9.90 Å². The van der Waals surface area contributed by atoms with Crippen molar-refractivity contribution in [2.75, 3.05) is 13.1 Å². The minimum atomic E-state index is -0.737. The number of aliphatic hydroxyl groups is 1. The number of carbonyl (C=O) groups is 1. The van der Waals surface area contributed by atoms with Crippen LogP contribution in [0.4, 0.5) is 0 Å². The van der Waals surface area contributed by atoms with E-state index >= 15 is 0 Å². The van der Waals surface area contributed by atoms with Crippen LogP contribution in [0.15, 0.2) is 16.9 Å². The van der Waals surface area contributed by atoms with Crippen molar-refractivity contribution in [1.29, 1.82) is 0 Å². The molecule has 5 heteroatoms. The van der Waals surface area contributed by atoms with E-state index in [0.717, 1.165) is 0 Å². The minimum Gasteiger partial charge on any atom is -0.386 e. The smallest absolute Gasteiger partial charge is 0.276 e. The Labute approximate surface area is 87.7 Å². The molecule has 0 aliphatic carbocycles. The number of likely N-dealkylation sites (tertiary alicyclic amines) is 1. The predicted molar refractivity (Wildman–Crippen MR) is 52.2 cm³/mol. The number of hydrogen-bond acceptors (Lipinski definition) is 4. The van der Waals surface area contributed by atoms with Crippen molar-refractivity contribution >= 4 is 5.91 Å². The zero-order valence-corrected chi connectivity index (χ0v) is 8.80. The summed E-state index contributed by atoms with van der Waals surface area (Å²) in [7, 11) is 0. The normalized spacial score (nSPS) is 19.1.